The number of hydrogen-bond donors (Lipinski definition) is 0. The van der Waals surface area contributed by atoms with E-state index in [2.05, 4.69) is 14.8 Å². The Hall–Kier alpha value is -1.62. The number of hydrogen-bond acceptors (Lipinski definition) is 4. The first-order chi connectivity index (χ1) is 8.54. The molecular weight excluding hydrogens is 248 g/mol. The molecule has 0 aliphatic carbocycles. The van der Waals surface area contributed by atoms with E-state index in [4.69, 9.17) is 4.74 Å². The minimum absolute atomic E-state index is 0.278. The first kappa shape index (κ1) is 12.8. The first-order valence-electron chi connectivity index (χ1n) is 5.83. The molecule has 0 bridgehead atoms. The van der Waals surface area contributed by atoms with Crippen LogP contribution in [0.15, 0.2) is 11.0 Å². The summed E-state index contributed by atoms with van der Waals surface area (Å²) >= 11 is 1.60. The van der Waals surface area contributed by atoms with Crippen molar-refractivity contribution in [2.45, 2.75) is 27.7 Å². The molecule has 96 valence electrons. The third-order valence-electron chi connectivity index (χ3n) is 2.70. The van der Waals surface area contributed by atoms with Crippen LogP contribution in [0.1, 0.15) is 30.9 Å². The lowest BCUT2D eigenvalue weighted by Crippen LogP contribution is -2.05. The van der Waals surface area contributed by atoms with Gasteiger partial charge in [0.05, 0.1) is 18.0 Å². The van der Waals surface area contributed by atoms with Crippen LogP contribution in [-0.2, 0) is 9.53 Å². The molecule has 0 N–H and O–H groups in total. The second-order valence-corrected chi connectivity index (χ2v) is 4.96. The minimum atomic E-state index is -0.278. The van der Waals surface area contributed by atoms with Crippen LogP contribution >= 0.6 is 11.3 Å². The van der Waals surface area contributed by atoms with Gasteiger partial charge in [0, 0.05) is 16.6 Å². The Labute approximate surface area is 110 Å². The van der Waals surface area contributed by atoms with Gasteiger partial charge in [0.15, 0.2) is 4.96 Å². The molecule has 18 heavy (non-hydrogen) atoms. The Balaban J connectivity index is 2.47. The quantitative estimate of drug-likeness (QED) is 0.632. The molecule has 2 rings (SSSR count). The molecule has 0 amide bonds. The van der Waals surface area contributed by atoms with Crippen molar-refractivity contribution in [2.75, 3.05) is 6.61 Å². The molecule has 0 aliphatic heterocycles. The fraction of sp³-hybridized carbons (Fsp3) is 0.385. The lowest BCUT2D eigenvalue weighted by Gasteiger charge is -2.02. The zero-order chi connectivity index (χ0) is 13.3. The van der Waals surface area contributed by atoms with E-state index in [0.717, 1.165) is 22.0 Å². The maximum Gasteiger partial charge on any atom is 0.333 e. The number of imidazole rings is 1. The molecule has 0 atom stereocenters. The van der Waals surface area contributed by atoms with Gasteiger partial charge in [-0.25, -0.2) is 9.78 Å². The lowest BCUT2D eigenvalue weighted by molar-refractivity contribution is -0.138. The van der Waals surface area contributed by atoms with E-state index >= 15 is 0 Å². The first-order valence-corrected chi connectivity index (χ1v) is 6.71. The van der Waals surface area contributed by atoms with Gasteiger partial charge in [0.25, 0.3) is 0 Å². The van der Waals surface area contributed by atoms with Crippen molar-refractivity contribution >= 4 is 28.3 Å². The summed E-state index contributed by atoms with van der Waals surface area (Å²) in [6, 6.07) is 0. The van der Waals surface area contributed by atoms with Gasteiger partial charge in [0.2, 0.25) is 0 Å². The number of fused-ring (bicyclic) bond motifs is 1. The van der Waals surface area contributed by atoms with Crippen LogP contribution in [0, 0.1) is 13.8 Å². The highest BCUT2D eigenvalue weighted by Crippen LogP contribution is 2.22. The number of aromatic nitrogens is 2. The molecule has 0 saturated heterocycles. The average molecular weight is 264 g/mol. The van der Waals surface area contributed by atoms with E-state index in [9.17, 15) is 4.79 Å². The predicted molar refractivity (Wildman–Crippen MR) is 72.8 cm³/mol. The number of rotatable bonds is 3. The molecular formula is C13H16N2O2S. The summed E-state index contributed by atoms with van der Waals surface area (Å²) in [5, 5.41) is 2.05. The Morgan fingerprint density at radius 2 is 2.28 bits per heavy atom. The van der Waals surface area contributed by atoms with E-state index in [1.165, 1.54) is 0 Å². The smallest absolute Gasteiger partial charge is 0.333 e. The summed E-state index contributed by atoms with van der Waals surface area (Å²) in [4.78, 5) is 17.1. The zero-order valence-electron chi connectivity index (χ0n) is 11.0. The number of aryl methyl sites for hydroxylation is 2. The molecule has 0 fully saturated rings. The van der Waals surface area contributed by atoms with Crippen LogP contribution in [0.25, 0.3) is 11.0 Å². The van der Waals surface area contributed by atoms with Gasteiger partial charge in [-0.3, -0.25) is 4.40 Å². The molecule has 2 heterocycles. The molecule has 0 unspecified atom stereocenters. The van der Waals surface area contributed by atoms with Gasteiger partial charge in [-0.05, 0) is 33.8 Å². The fourth-order valence-electron chi connectivity index (χ4n) is 1.80. The second kappa shape index (κ2) is 4.94. The van der Waals surface area contributed by atoms with Gasteiger partial charge in [-0.15, -0.1) is 11.3 Å². The zero-order valence-corrected chi connectivity index (χ0v) is 11.8. The van der Waals surface area contributed by atoms with Crippen molar-refractivity contribution in [3.05, 3.63) is 28.0 Å². The predicted octanol–water partition coefficient (Wildman–Crippen LogP) is 2.98. The Morgan fingerprint density at radius 3 is 2.94 bits per heavy atom. The van der Waals surface area contributed by atoms with E-state index in [1.807, 2.05) is 19.9 Å². The number of carbonyl (C=O) groups excluding carboxylic acids is 1. The van der Waals surface area contributed by atoms with Gasteiger partial charge in [-0.1, -0.05) is 0 Å². The van der Waals surface area contributed by atoms with Gasteiger partial charge < -0.3 is 4.74 Å². The maximum absolute atomic E-state index is 11.6. The van der Waals surface area contributed by atoms with Crippen molar-refractivity contribution in [1.29, 1.82) is 0 Å². The van der Waals surface area contributed by atoms with Crippen molar-refractivity contribution in [3.63, 3.8) is 0 Å². The summed E-state index contributed by atoms with van der Waals surface area (Å²) in [7, 11) is 0. The average Bonchev–Trinajstić information content (AvgIpc) is 2.81. The molecule has 0 saturated carbocycles. The van der Waals surface area contributed by atoms with Gasteiger partial charge in [0.1, 0.15) is 0 Å². The number of carbonyl (C=O) groups is 1. The van der Waals surface area contributed by atoms with Crippen LogP contribution in [0.4, 0.5) is 0 Å². The van der Waals surface area contributed by atoms with Gasteiger partial charge >= 0.3 is 5.97 Å². The number of esters is 1. The highest BCUT2D eigenvalue weighted by molar-refractivity contribution is 7.15. The molecule has 5 heteroatoms. The summed E-state index contributed by atoms with van der Waals surface area (Å²) in [5.41, 5.74) is 3.59. The second-order valence-electron chi connectivity index (χ2n) is 4.13. The molecule has 2 aromatic rings. The standard InChI is InChI=1S/C13H16N2O2S/c1-5-17-12(16)8(2)6-11-10(4)14-13-15(11)9(3)7-18-13/h6-7H,5H2,1-4H3/b8-6+. The lowest BCUT2D eigenvalue weighted by atomic mass is 10.2. The van der Waals surface area contributed by atoms with Crippen LogP contribution in [0.3, 0.4) is 0 Å². The Bertz CT molecular complexity index is 622. The number of ether oxygens (including phenoxy) is 1. The molecule has 0 radical (unpaired) electrons. The SMILES string of the molecule is CCOC(=O)/C(C)=C/c1c(C)nc2scc(C)n12. The largest absolute Gasteiger partial charge is 0.463 e. The molecule has 0 aromatic carbocycles. The van der Waals surface area contributed by atoms with E-state index < -0.39 is 0 Å². The van der Waals surface area contributed by atoms with Gasteiger partial charge in [-0.2, -0.15) is 0 Å². The van der Waals surface area contributed by atoms with Crippen molar-refractivity contribution in [3.8, 4) is 0 Å². The highest BCUT2D eigenvalue weighted by Gasteiger charge is 2.12. The van der Waals surface area contributed by atoms with Crippen LogP contribution < -0.4 is 0 Å². The number of nitrogens with zero attached hydrogens (tertiary/aromatic N) is 2. The third kappa shape index (κ3) is 2.18. The van der Waals surface area contributed by atoms with Crippen molar-refractivity contribution < 1.29 is 9.53 Å². The molecule has 0 aliphatic rings. The van der Waals surface area contributed by atoms with E-state index in [0.29, 0.717) is 12.2 Å². The topological polar surface area (TPSA) is 43.6 Å². The normalized spacial score (nSPS) is 12.1. The Kier molecular flexibility index (Phi) is 3.52. The summed E-state index contributed by atoms with van der Waals surface area (Å²) in [6.45, 7) is 7.93. The van der Waals surface area contributed by atoms with Crippen LogP contribution in [0.2, 0.25) is 0 Å². The van der Waals surface area contributed by atoms with Crippen LogP contribution in [-0.4, -0.2) is 22.0 Å². The fourth-order valence-corrected chi connectivity index (χ4v) is 2.72. The molecule has 2 aromatic heterocycles. The summed E-state index contributed by atoms with van der Waals surface area (Å²) in [6.07, 6.45) is 1.84. The molecule has 4 nitrogen and oxygen atoms in total. The highest BCUT2D eigenvalue weighted by atomic mass is 32.1. The van der Waals surface area contributed by atoms with Crippen molar-refractivity contribution in [1.82, 2.24) is 9.38 Å². The number of thiazole rings is 1. The third-order valence-corrected chi connectivity index (χ3v) is 3.65. The van der Waals surface area contributed by atoms with Crippen LogP contribution in [0.5, 0.6) is 0 Å². The van der Waals surface area contributed by atoms with E-state index in [-0.39, 0.29) is 5.97 Å². The minimum Gasteiger partial charge on any atom is -0.463 e. The maximum atomic E-state index is 11.6. The summed E-state index contributed by atoms with van der Waals surface area (Å²) in [5.74, 6) is -0.278. The Morgan fingerprint density at radius 1 is 1.56 bits per heavy atom. The van der Waals surface area contributed by atoms with Crippen molar-refractivity contribution in [2.24, 2.45) is 0 Å². The summed E-state index contributed by atoms with van der Waals surface area (Å²) < 4.78 is 7.04. The monoisotopic (exact) mass is 264 g/mol. The van der Waals surface area contributed by atoms with E-state index in [1.54, 1.807) is 25.2 Å². The molecule has 0 spiro atoms.